The Labute approximate surface area is 254 Å². The molecule has 0 atom stereocenters. The highest BCUT2D eigenvalue weighted by Crippen LogP contribution is 2.26. The van der Waals surface area contributed by atoms with Crippen LogP contribution in [0.15, 0.2) is 76.5 Å². The van der Waals surface area contributed by atoms with Gasteiger partial charge in [-0.2, -0.15) is 4.99 Å². The van der Waals surface area contributed by atoms with Gasteiger partial charge in [0.2, 0.25) is 5.91 Å². The molecule has 3 N–H and O–H groups in total. The minimum Gasteiger partial charge on any atom is -0.463 e. The van der Waals surface area contributed by atoms with E-state index in [2.05, 4.69) is 11.9 Å². The van der Waals surface area contributed by atoms with Gasteiger partial charge in [-0.3, -0.25) is 14.2 Å². The summed E-state index contributed by atoms with van der Waals surface area (Å²) in [7, 11) is 0. The average molecular weight is 596 g/mol. The highest BCUT2D eigenvalue weighted by atomic mass is 19.1. The zero-order chi connectivity index (χ0) is 31.4. The minimum atomic E-state index is -1.37. The summed E-state index contributed by atoms with van der Waals surface area (Å²) in [6.45, 7) is 4.58. The van der Waals surface area contributed by atoms with E-state index in [1.165, 1.54) is 6.07 Å². The van der Waals surface area contributed by atoms with Crippen molar-refractivity contribution in [2.24, 2.45) is 10.7 Å². The first kappa shape index (κ1) is 30.3. The number of hydrogen-bond donors (Lipinski definition) is 2. The third kappa shape index (κ3) is 6.44. The number of benzene rings is 3. The second-order valence-corrected chi connectivity index (χ2v) is 10.9. The smallest absolute Gasteiger partial charge is 0.433 e. The number of carboxylic acid groups (broad SMARTS) is 1. The maximum Gasteiger partial charge on any atom is 0.433 e. The molecule has 2 amide bonds. The van der Waals surface area contributed by atoms with Gasteiger partial charge in [0, 0.05) is 41.9 Å². The van der Waals surface area contributed by atoms with Gasteiger partial charge in [0.25, 0.3) is 5.56 Å². The third-order valence-electron chi connectivity index (χ3n) is 7.93. The van der Waals surface area contributed by atoms with Gasteiger partial charge < -0.3 is 15.7 Å². The first-order valence-electron chi connectivity index (χ1n) is 14.5. The number of hydrogen-bond acceptors (Lipinski definition) is 4. The summed E-state index contributed by atoms with van der Waals surface area (Å²) in [5, 5.41) is 9.03. The lowest BCUT2D eigenvalue weighted by Crippen LogP contribution is -2.34. The fraction of sp³-hybridized carbons (Fsp3) is 0.265. The molecule has 0 saturated heterocycles. The molecule has 226 valence electrons. The van der Waals surface area contributed by atoms with Crippen molar-refractivity contribution in [1.29, 1.82) is 0 Å². The first-order chi connectivity index (χ1) is 21.2. The molecular formula is C34H34FN5O4. The van der Waals surface area contributed by atoms with E-state index in [9.17, 15) is 18.8 Å². The molecule has 0 radical (unpaired) electrons. The van der Waals surface area contributed by atoms with Crippen molar-refractivity contribution in [3.8, 4) is 11.1 Å². The molecule has 0 bridgehead atoms. The van der Waals surface area contributed by atoms with Crippen LogP contribution in [0.25, 0.3) is 11.1 Å². The van der Waals surface area contributed by atoms with Crippen LogP contribution >= 0.6 is 0 Å². The zero-order valence-electron chi connectivity index (χ0n) is 24.7. The Balaban J connectivity index is 1.42. The molecular weight excluding hydrogens is 561 g/mol. The Hall–Kier alpha value is -5.12. The molecule has 4 aromatic rings. The van der Waals surface area contributed by atoms with E-state index in [0.717, 1.165) is 35.1 Å². The number of aliphatic imine (C=N–C) groups is 1. The van der Waals surface area contributed by atoms with Crippen molar-refractivity contribution < 1.29 is 19.1 Å². The summed E-state index contributed by atoms with van der Waals surface area (Å²) < 4.78 is 15.9. The van der Waals surface area contributed by atoms with Crippen LogP contribution in [0.2, 0.25) is 0 Å². The fourth-order valence-corrected chi connectivity index (χ4v) is 5.56. The minimum absolute atomic E-state index is 0.0972. The standard InChI is InChI=1S/C34H34FN5O4/c1-3-4-12-30-37-21(2)27(17-31(41)39-19-24-8-7-11-29(35)28(24)20-39)33(42)40(30)18-22-13-15-23(16-14-22)25-9-5-6-10-26(25)32(36)38-34(43)44/h5-11,13-16H,3-4,12,17-20H2,1-2H3,(H2,36,38)(H,43,44). The number of rotatable bonds is 9. The predicted molar refractivity (Wildman–Crippen MR) is 166 cm³/mol. The SMILES string of the molecule is CCCCc1nc(C)c(CC(=O)N2Cc3cccc(F)c3C2)c(=O)n1Cc1ccc(-c2ccccc2/C(N)=N/C(=O)O)cc1. The number of carbonyl (C=O) groups is 2. The maximum absolute atomic E-state index is 14.3. The summed E-state index contributed by atoms with van der Waals surface area (Å²) >= 11 is 0. The number of halogens is 1. The van der Waals surface area contributed by atoms with Crippen LogP contribution < -0.4 is 11.3 Å². The Kier molecular flexibility index (Phi) is 8.99. The molecule has 2 heterocycles. The summed E-state index contributed by atoms with van der Waals surface area (Å²) in [6.07, 6.45) is 0.926. The lowest BCUT2D eigenvalue weighted by molar-refractivity contribution is -0.131. The van der Waals surface area contributed by atoms with Crippen molar-refractivity contribution in [2.75, 3.05) is 0 Å². The Morgan fingerprint density at radius 2 is 1.80 bits per heavy atom. The van der Waals surface area contributed by atoms with Crippen molar-refractivity contribution in [3.05, 3.63) is 122 Å². The summed E-state index contributed by atoms with van der Waals surface area (Å²) in [4.78, 5) is 48.1. The van der Waals surface area contributed by atoms with Crippen LogP contribution in [0.4, 0.5) is 9.18 Å². The average Bonchev–Trinajstić information content (AvgIpc) is 3.46. The normalized spacial score (nSPS) is 12.8. The monoisotopic (exact) mass is 595 g/mol. The fourth-order valence-electron chi connectivity index (χ4n) is 5.56. The van der Waals surface area contributed by atoms with E-state index < -0.39 is 6.09 Å². The number of fused-ring (bicyclic) bond motifs is 1. The summed E-state index contributed by atoms with van der Waals surface area (Å²) in [6, 6.07) is 19.5. The second kappa shape index (κ2) is 13.0. The Morgan fingerprint density at radius 3 is 2.50 bits per heavy atom. The molecule has 0 spiro atoms. The van der Waals surface area contributed by atoms with Crippen LogP contribution in [-0.2, 0) is 37.3 Å². The summed E-state index contributed by atoms with van der Waals surface area (Å²) in [5.41, 5.74) is 10.7. The lowest BCUT2D eigenvalue weighted by Gasteiger charge is -2.19. The number of aromatic nitrogens is 2. The molecule has 1 aliphatic rings. The van der Waals surface area contributed by atoms with E-state index in [1.54, 1.807) is 34.6 Å². The molecule has 0 fully saturated rings. The van der Waals surface area contributed by atoms with Crippen molar-refractivity contribution in [1.82, 2.24) is 14.5 Å². The molecule has 3 aromatic carbocycles. The van der Waals surface area contributed by atoms with Gasteiger partial charge in [0.15, 0.2) is 0 Å². The molecule has 44 heavy (non-hydrogen) atoms. The maximum atomic E-state index is 14.3. The molecule has 9 nitrogen and oxygen atoms in total. The number of unbranched alkanes of at least 4 members (excludes halogenated alkanes) is 1. The van der Waals surface area contributed by atoms with Gasteiger partial charge >= 0.3 is 6.09 Å². The molecule has 0 aliphatic carbocycles. The van der Waals surface area contributed by atoms with Gasteiger partial charge in [-0.05, 0) is 41.7 Å². The largest absolute Gasteiger partial charge is 0.463 e. The van der Waals surface area contributed by atoms with E-state index >= 15 is 0 Å². The van der Waals surface area contributed by atoms with Gasteiger partial charge in [0.05, 0.1) is 13.0 Å². The molecule has 10 heteroatoms. The van der Waals surface area contributed by atoms with Crippen LogP contribution in [0, 0.1) is 12.7 Å². The third-order valence-corrected chi connectivity index (χ3v) is 7.93. The van der Waals surface area contributed by atoms with Crippen LogP contribution in [0.1, 0.15) is 59.1 Å². The van der Waals surface area contributed by atoms with Crippen LogP contribution in [-0.4, -0.2) is 37.4 Å². The van der Waals surface area contributed by atoms with Crippen LogP contribution in [0.5, 0.6) is 0 Å². The van der Waals surface area contributed by atoms with Crippen molar-refractivity contribution in [3.63, 3.8) is 0 Å². The zero-order valence-corrected chi connectivity index (χ0v) is 24.7. The molecule has 1 aliphatic heterocycles. The lowest BCUT2D eigenvalue weighted by atomic mass is 9.98. The quantitative estimate of drug-likeness (QED) is 0.202. The highest BCUT2D eigenvalue weighted by molar-refractivity contribution is 6.07. The number of nitrogens with zero attached hydrogens (tertiary/aromatic N) is 4. The predicted octanol–water partition coefficient (Wildman–Crippen LogP) is 5.22. The summed E-state index contributed by atoms with van der Waals surface area (Å²) in [5.74, 6) is -0.0119. The van der Waals surface area contributed by atoms with Gasteiger partial charge in [-0.15, -0.1) is 0 Å². The van der Waals surface area contributed by atoms with Crippen molar-refractivity contribution in [2.45, 2.75) is 59.2 Å². The van der Waals surface area contributed by atoms with E-state index in [4.69, 9.17) is 15.8 Å². The topological polar surface area (TPSA) is 131 Å². The van der Waals surface area contributed by atoms with E-state index in [1.807, 2.05) is 42.5 Å². The van der Waals surface area contributed by atoms with E-state index in [0.29, 0.717) is 41.2 Å². The van der Waals surface area contributed by atoms with Gasteiger partial charge in [0.1, 0.15) is 17.5 Å². The molecule has 0 unspecified atom stereocenters. The Bertz CT molecular complexity index is 1810. The Morgan fingerprint density at radius 1 is 1.05 bits per heavy atom. The number of aryl methyl sites for hydroxylation is 2. The van der Waals surface area contributed by atoms with Gasteiger partial charge in [-0.1, -0.05) is 74.0 Å². The van der Waals surface area contributed by atoms with Crippen LogP contribution in [0.3, 0.4) is 0 Å². The van der Waals surface area contributed by atoms with E-state index in [-0.39, 0.29) is 42.6 Å². The molecule has 0 saturated carbocycles. The molecule has 5 rings (SSSR count). The molecule has 1 aromatic heterocycles. The highest BCUT2D eigenvalue weighted by Gasteiger charge is 2.27. The number of amides is 2. The number of amidine groups is 1. The number of carbonyl (C=O) groups excluding carboxylic acids is 1. The second-order valence-electron chi connectivity index (χ2n) is 10.9. The van der Waals surface area contributed by atoms with Crippen molar-refractivity contribution >= 4 is 17.8 Å². The van der Waals surface area contributed by atoms with Gasteiger partial charge in [-0.25, -0.2) is 14.2 Å². The first-order valence-corrected chi connectivity index (χ1v) is 14.5. The number of nitrogens with two attached hydrogens (primary N) is 1.